The van der Waals surface area contributed by atoms with E-state index in [2.05, 4.69) is 15.6 Å². The van der Waals surface area contributed by atoms with Crippen molar-refractivity contribution < 1.29 is 4.79 Å². The lowest BCUT2D eigenvalue weighted by atomic mass is 10.2. The summed E-state index contributed by atoms with van der Waals surface area (Å²) in [6.45, 7) is 1.84. The van der Waals surface area contributed by atoms with Crippen LogP contribution in [0.2, 0.25) is 0 Å². The lowest BCUT2D eigenvalue weighted by Crippen LogP contribution is -2.32. The zero-order chi connectivity index (χ0) is 18.6. The number of nitrogens with zero attached hydrogens (tertiary/aromatic N) is 3. The summed E-state index contributed by atoms with van der Waals surface area (Å²) in [7, 11) is 0. The van der Waals surface area contributed by atoms with Crippen LogP contribution in [-0.4, -0.2) is 26.9 Å². The Hall–Kier alpha value is -3.28. The molecule has 6 heteroatoms. The van der Waals surface area contributed by atoms with Crippen LogP contribution in [0.5, 0.6) is 0 Å². The highest BCUT2D eigenvalue weighted by molar-refractivity contribution is 5.96. The van der Waals surface area contributed by atoms with E-state index in [0.29, 0.717) is 5.82 Å². The van der Waals surface area contributed by atoms with Crippen LogP contribution < -0.4 is 10.6 Å². The van der Waals surface area contributed by atoms with E-state index in [1.807, 2.05) is 49.4 Å². The normalized spacial score (nSPS) is 13.7. The van der Waals surface area contributed by atoms with Crippen molar-refractivity contribution in [1.82, 2.24) is 15.0 Å². The van der Waals surface area contributed by atoms with E-state index >= 15 is 0 Å². The average molecular weight is 359 g/mol. The fraction of sp³-hybridized carbons (Fsp3) is 0.238. The first kappa shape index (κ1) is 17.1. The zero-order valence-corrected chi connectivity index (χ0v) is 15.1. The molecule has 0 spiro atoms. The molecule has 0 saturated heterocycles. The second kappa shape index (κ2) is 7.53. The number of nitrogens with one attached hydrogen (secondary N) is 2. The Morgan fingerprint density at radius 3 is 2.59 bits per heavy atom. The molecule has 3 aromatic rings. The molecule has 1 amide bonds. The van der Waals surface area contributed by atoms with E-state index in [-0.39, 0.29) is 5.91 Å². The molecule has 0 aliphatic heterocycles. The molecule has 0 radical (unpaired) electrons. The lowest BCUT2D eigenvalue weighted by Gasteiger charge is -2.17. The minimum Gasteiger partial charge on any atom is -0.358 e. The SMILES string of the molecule is CC(Nc1nc(-c2ccncc2)nc2c1CCC2)C(=O)Nc1ccccc1. The first-order valence-electron chi connectivity index (χ1n) is 9.13. The third-order valence-electron chi connectivity index (χ3n) is 4.66. The molecule has 136 valence electrons. The minimum atomic E-state index is -0.421. The third-order valence-corrected chi connectivity index (χ3v) is 4.66. The standard InChI is InChI=1S/C21H21N5O/c1-14(21(27)24-16-6-3-2-4-7-16)23-20-17-8-5-9-18(17)25-19(26-20)15-10-12-22-13-11-15/h2-4,6-7,10-14H,5,8-9H2,1H3,(H,24,27)(H,23,25,26). The maximum absolute atomic E-state index is 12.5. The number of aromatic nitrogens is 3. The molecular weight excluding hydrogens is 338 g/mol. The molecule has 1 aliphatic carbocycles. The van der Waals surface area contributed by atoms with Gasteiger partial charge >= 0.3 is 0 Å². The number of carbonyl (C=O) groups is 1. The van der Waals surface area contributed by atoms with Crippen LogP contribution in [-0.2, 0) is 17.6 Å². The lowest BCUT2D eigenvalue weighted by molar-refractivity contribution is -0.116. The van der Waals surface area contributed by atoms with Gasteiger partial charge in [0.25, 0.3) is 0 Å². The molecule has 27 heavy (non-hydrogen) atoms. The van der Waals surface area contributed by atoms with Gasteiger partial charge in [0.05, 0.1) is 0 Å². The first-order valence-corrected chi connectivity index (χ1v) is 9.13. The van der Waals surface area contributed by atoms with Crippen LogP contribution in [0.3, 0.4) is 0 Å². The van der Waals surface area contributed by atoms with Gasteiger partial charge in [-0.1, -0.05) is 18.2 Å². The van der Waals surface area contributed by atoms with Crippen LogP contribution in [0.1, 0.15) is 24.6 Å². The maximum Gasteiger partial charge on any atom is 0.246 e. The number of carbonyl (C=O) groups excluding carboxylic acids is 1. The molecule has 1 aliphatic rings. The Labute approximate surface area is 158 Å². The second-order valence-corrected chi connectivity index (χ2v) is 6.63. The van der Waals surface area contributed by atoms with Gasteiger partial charge in [-0.3, -0.25) is 9.78 Å². The van der Waals surface area contributed by atoms with Crippen LogP contribution >= 0.6 is 0 Å². The average Bonchev–Trinajstić information content (AvgIpc) is 3.18. The summed E-state index contributed by atoms with van der Waals surface area (Å²) in [5.74, 6) is 1.31. The van der Waals surface area contributed by atoms with Gasteiger partial charge in [0.15, 0.2) is 5.82 Å². The van der Waals surface area contributed by atoms with Gasteiger partial charge in [-0.25, -0.2) is 9.97 Å². The maximum atomic E-state index is 12.5. The molecule has 0 fully saturated rings. The number of benzene rings is 1. The number of fused-ring (bicyclic) bond motifs is 1. The number of hydrogen-bond acceptors (Lipinski definition) is 5. The van der Waals surface area contributed by atoms with E-state index < -0.39 is 6.04 Å². The van der Waals surface area contributed by atoms with Crippen LogP contribution in [0.15, 0.2) is 54.9 Å². The van der Waals surface area contributed by atoms with Crippen molar-refractivity contribution in [3.63, 3.8) is 0 Å². The van der Waals surface area contributed by atoms with Crippen molar-refractivity contribution in [3.05, 3.63) is 66.1 Å². The minimum absolute atomic E-state index is 0.1000. The molecular formula is C21H21N5O. The highest BCUT2D eigenvalue weighted by Crippen LogP contribution is 2.29. The third kappa shape index (κ3) is 3.79. The largest absolute Gasteiger partial charge is 0.358 e. The number of rotatable bonds is 5. The predicted octanol–water partition coefficient (Wildman–Crippen LogP) is 3.47. The van der Waals surface area contributed by atoms with Crippen LogP contribution in [0.4, 0.5) is 11.5 Å². The number of aryl methyl sites for hydroxylation is 1. The molecule has 2 aromatic heterocycles. The Kier molecular flexibility index (Phi) is 4.78. The fourth-order valence-corrected chi connectivity index (χ4v) is 3.22. The van der Waals surface area contributed by atoms with E-state index in [0.717, 1.165) is 47.6 Å². The molecule has 1 aromatic carbocycles. The van der Waals surface area contributed by atoms with Gasteiger partial charge in [-0.2, -0.15) is 0 Å². The quantitative estimate of drug-likeness (QED) is 0.729. The summed E-state index contributed by atoms with van der Waals surface area (Å²) >= 11 is 0. The van der Waals surface area contributed by atoms with Crippen molar-refractivity contribution in [2.45, 2.75) is 32.2 Å². The summed E-state index contributed by atoms with van der Waals surface area (Å²) in [6.07, 6.45) is 6.39. The molecule has 2 heterocycles. The predicted molar refractivity (Wildman–Crippen MR) is 105 cm³/mol. The first-order chi connectivity index (χ1) is 13.2. The number of amides is 1. The van der Waals surface area contributed by atoms with Crippen LogP contribution in [0.25, 0.3) is 11.4 Å². The van der Waals surface area contributed by atoms with Crippen molar-refractivity contribution >= 4 is 17.4 Å². The smallest absolute Gasteiger partial charge is 0.246 e. The van der Waals surface area contributed by atoms with Crippen molar-refractivity contribution in [2.24, 2.45) is 0 Å². The van der Waals surface area contributed by atoms with Gasteiger partial charge < -0.3 is 10.6 Å². The topological polar surface area (TPSA) is 79.8 Å². The molecule has 1 atom stereocenters. The number of hydrogen-bond donors (Lipinski definition) is 2. The van der Waals surface area contributed by atoms with Crippen molar-refractivity contribution in [2.75, 3.05) is 10.6 Å². The van der Waals surface area contributed by atoms with Gasteiger partial charge in [-0.15, -0.1) is 0 Å². The molecule has 6 nitrogen and oxygen atoms in total. The van der Waals surface area contributed by atoms with E-state index in [1.54, 1.807) is 12.4 Å². The number of anilines is 2. The Morgan fingerprint density at radius 2 is 1.81 bits per heavy atom. The summed E-state index contributed by atoms with van der Waals surface area (Å²) in [5, 5.41) is 6.22. The zero-order valence-electron chi connectivity index (χ0n) is 15.1. The Bertz CT molecular complexity index is 944. The Morgan fingerprint density at radius 1 is 1.04 bits per heavy atom. The fourth-order valence-electron chi connectivity index (χ4n) is 3.22. The van der Waals surface area contributed by atoms with Crippen molar-refractivity contribution in [3.8, 4) is 11.4 Å². The highest BCUT2D eigenvalue weighted by atomic mass is 16.2. The summed E-state index contributed by atoms with van der Waals surface area (Å²) in [5.41, 5.74) is 3.88. The number of para-hydroxylation sites is 1. The van der Waals surface area contributed by atoms with E-state index in [9.17, 15) is 4.79 Å². The second-order valence-electron chi connectivity index (χ2n) is 6.63. The molecule has 1 unspecified atom stereocenters. The van der Waals surface area contributed by atoms with Crippen molar-refractivity contribution in [1.29, 1.82) is 0 Å². The summed E-state index contributed by atoms with van der Waals surface area (Å²) in [4.78, 5) is 26.0. The number of pyridine rings is 1. The summed E-state index contributed by atoms with van der Waals surface area (Å²) in [6, 6.07) is 12.8. The van der Waals surface area contributed by atoms with E-state index in [4.69, 9.17) is 9.97 Å². The molecule has 2 N–H and O–H groups in total. The highest BCUT2D eigenvalue weighted by Gasteiger charge is 2.22. The van der Waals surface area contributed by atoms with Gasteiger partial charge in [0, 0.05) is 34.9 Å². The van der Waals surface area contributed by atoms with E-state index in [1.165, 1.54) is 0 Å². The van der Waals surface area contributed by atoms with Crippen LogP contribution in [0, 0.1) is 0 Å². The summed E-state index contributed by atoms with van der Waals surface area (Å²) < 4.78 is 0. The van der Waals surface area contributed by atoms with Gasteiger partial charge in [0.1, 0.15) is 11.9 Å². The molecule has 0 bridgehead atoms. The molecule has 4 rings (SSSR count). The monoisotopic (exact) mass is 359 g/mol. The van der Waals surface area contributed by atoms with Gasteiger partial charge in [-0.05, 0) is 50.5 Å². The Balaban J connectivity index is 1.57. The molecule has 0 saturated carbocycles. The van der Waals surface area contributed by atoms with Gasteiger partial charge in [0.2, 0.25) is 5.91 Å².